The van der Waals surface area contributed by atoms with Crippen molar-refractivity contribution in [2.24, 2.45) is 0 Å². The van der Waals surface area contributed by atoms with E-state index in [1.807, 2.05) is 0 Å². The van der Waals surface area contributed by atoms with E-state index in [9.17, 15) is 18.3 Å². The SMILES string of the molecule is Cc1cc(Oc2ccncc2)ccc1S(=O)(=O)Nc1c(C(=O)O)cnc2onc(C)c12. The molecule has 4 aromatic rings. The molecule has 4 rings (SSSR count). The molecule has 11 heteroatoms. The van der Waals surface area contributed by atoms with Crippen LogP contribution in [0.5, 0.6) is 11.5 Å². The molecule has 0 aliphatic heterocycles. The summed E-state index contributed by atoms with van der Waals surface area (Å²) in [7, 11) is -4.15. The summed E-state index contributed by atoms with van der Waals surface area (Å²) in [4.78, 5) is 19.4. The van der Waals surface area contributed by atoms with Crippen molar-refractivity contribution in [2.45, 2.75) is 18.7 Å². The maximum atomic E-state index is 13.1. The van der Waals surface area contributed by atoms with Crippen LogP contribution in [-0.2, 0) is 10.0 Å². The van der Waals surface area contributed by atoms with Crippen LogP contribution in [0.15, 0.2) is 58.3 Å². The fraction of sp³-hybridized carbons (Fsp3) is 0.100. The highest BCUT2D eigenvalue weighted by Gasteiger charge is 2.25. The number of anilines is 1. The summed E-state index contributed by atoms with van der Waals surface area (Å²) >= 11 is 0. The number of carboxylic acid groups (broad SMARTS) is 1. The molecule has 158 valence electrons. The quantitative estimate of drug-likeness (QED) is 0.460. The number of rotatable bonds is 6. The van der Waals surface area contributed by atoms with Crippen molar-refractivity contribution in [3.8, 4) is 11.5 Å². The summed E-state index contributed by atoms with van der Waals surface area (Å²) in [5.41, 5.74) is 0.257. The molecule has 0 saturated carbocycles. The third-order valence-corrected chi connectivity index (χ3v) is 5.97. The molecule has 3 aromatic heterocycles. The Balaban J connectivity index is 1.72. The van der Waals surface area contributed by atoms with Crippen molar-refractivity contribution >= 4 is 32.8 Å². The molecule has 0 atom stereocenters. The molecule has 0 unspecified atom stereocenters. The zero-order chi connectivity index (χ0) is 22.2. The molecule has 2 N–H and O–H groups in total. The predicted molar refractivity (Wildman–Crippen MR) is 110 cm³/mol. The van der Waals surface area contributed by atoms with Gasteiger partial charge in [0, 0.05) is 18.6 Å². The molecule has 10 nitrogen and oxygen atoms in total. The van der Waals surface area contributed by atoms with Crippen LogP contribution in [0.2, 0.25) is 0 Å². The molecule has 0 spiro atoms. The number of pyridine rings is 2. The van der Waals surface area contributed by atoms with E-state index in [0.29, 0.717) is 22.8 Å². The Morgan fingerprint density at radius 3 is 2.55 bits per heavy atom. The topological polar surface area (TPSA) is 145 Å². The van der Waals surface area contributed by atoms with Crippen molar-refractivity contribution in [3.63, 3.8) is 0 Å². The number of ether oxygens (including phenoxy) is 1. The van der Waals surface area contributed by atoms with Gasteiger partial charge in [-0.15, -0.1) is 0 Å². The molecule has 0 saturated heterocycles. The minimum Gasteiger partial charge on any atom is -0.478 e. The molecule has 31 heavy (non-hydrogen) atoms. The van der Waals surface area contributed by atoms with Crippen LogP contribution in [0.25, 0.3) is 11.1 Å². The Morgan fingerprint density at radius 1 is 1.13 bits per heavy atom. The largest absolute Gasteiger partial charge is 0.478 e. The zero-order valence-corrected chi connectivity index (χ0v) is 17.2. The second kappa shape index (κ2) is 7.69. The fourth-order valence-electron chi connectivity index (χ4n) is 3.04. The van der Waals surface area contributed by atoms with Crippen LogP contribution in [-0.4, -0.2) is 34.6 Å². The highest BCUT2D eigenvalue weighted by Crippen LogP contribution is 2.32. The third-order valence-electron chi connectivity index (χ3n) is 4.46. The number of hydrogen-bond acceptors (Lipinski definition) is 8. The van der Waals surface area contributed by atoms with Gasteiger partial charge in [-0.2, -0.15) is 0 Å². The average molecular weight is 440 g/mol. The minimum absolute atomic E-state index is 0.0259. The minimum atomic E-state index is -4.15. The van der Waals surface area contributed by atoms with Crippen LogP contribution >= 0.6 is 0 Å². The molecule has 0 aliphatic carbocycles. The van der Waals surface area contributed by atoms with Gasteiger partial charge in [-0.25, -0.2) is 18.2 Å². The fourth-order valence-corrected chi connectivity index (χ4v) is 4.36. The number of aromatic carboxylic acids is 1. The van der Waals surface area contributed by atoms with Crippen LogP contribution in [0.4, 0.5) is 5.69 Å². The maximum Gasteiger partial charge on any atom is 0.339 e. The van der Waals surface area contributed by atoms with E-state index >= 15 is 0 Å². The second-order valence-electron chi connectivity index (χ2n) is 6.62. The summed E-state index contributed by atoms with van der Waals surface area (Å²) in [5.74, 6) is -0.350. The van der Waals surface area contributed by atoms with Gasteiger partial charge < -0.3 is 14.4 Å². The number of nitrogens with zero attached hydrogens (tertiary/aromatic N) is 3. The van der Waals surface area contributed by atoms with Crippen LogP contribution in [0.3, 0.4) is 0 Å². The van der Waals surface area contributed by atoms with Gasteiger partial charge in [-0.1, -0.05) is 5.16 Å². The summed E-state index contributed by atoms with van der Waals surface area (Å²) in [6.07, 6.45) is 4.17. The Labute approximate surface area is 176 Å². The van der Waals surface area contributed by atoms with Crippen molar-refractivity contribution in [2.75, 3.05) is 4.72 Å². The normalized spacial score (nSPS) is 11.4. The lowest BCUT2D eigenvalue weighted by Gasteiger charge is -2.14. The number of aryl methyl sites for hydroxylation is 2. The Morgan fingerprint density at radius 2 is 1.87 bits per heavy atom. The molecule has 0 radical (unpaired) electrons. The van der Waals surface area contributed by atoms with Gasteiger partial charge in [-0.3, -0.25) is 9.71 Å². The first-order chi connectivity index (χ1) is 14.8. The van der Waals surface area contributed by atoms with Gasteiger partial charge in [0.05, 0.1) is 21.7 Å². The molecule has 0 fully saturated rings. The van der Waals surface area contributed by atoms with Gasteiger partial charge in [-0.05, 0) is 49.7 Å². The van der Waals surface area contributed by atoms with Crippen LogP contribution < -0.4 is 9.46 Å². The van der Waals surface area contributed by atoms with Gasteiger partial charge in [0.15, 0.2) is 0 Å². The van der Waals surface area contributed by atoms with E-state index in [1.165, 1.54) is 12.1 Å². The zero-order valence-electron chi connectivity index (χ0n) is 16.4. The van der Waals surface area contributed by atoms with Gasteiger partial charge >= 0.3 is 5.97 Å². The first-order valence-corrected chi connectivity index (χ1v) is 10.4. The molecule has 1 aromatic carbocycles. The van der Waals surface area contributed by atoms with Crippen molar-refractivity contribution in [1.82, 2.24) is 15.1 Å². The van der Waals surface area contributed by atoms with E-state index in [0.717, 1.165) is 6.20 Å². The monoisotopic (exact) mass is 440 g/mol. The lowest BCUT2D eigenvalue weighted by Crippen LogP contribution is -2.17. The first-order valence-electron chi connectivity index (χ1n) is 8.96. The van der Waals surface area contributed by atoms with Gasteiger partial charge in [0.2, 0.25) is 0 Å². The van der Waals surface area contributed by atoms with E-state index in [1.54, 1.807) is 44.4 Å². The van der Waals surface area contributed by atoms with E-state index in [4.69, 9.17) is 9.26 Å². The Bertz CT molecular complexity index is 1400. The van der Waals surface area contributed by atoms with E-state index < -0.39 is 16.0 Å². The summed E-state index contributed by atoms with van der Waals surface area (Å²) in [6, 6.07) is 7.80. The highest BCUT2D eigenvalue weighted by molar-refractivity contribution is 7.92. The molecular formula is C20H16N4O6S. The number of hydrogen-bond donors (Lipinski definition) is 2. The standard InChI is InChI=1S/C20H16N4O6S/c1-11-9-14(29-13-5-7-21-8-6-13)3-4-16(11)31(27,28)24-18-15(20(25)26)10-22-19-17(18)12(2)23-30-19/h3-10H,1-2H3,(H,22,24)(H,25,26). The van der Waals surface area contributed by atoms with Gasteiger partial charge in [0.1, 0.15) is 17.1 Å². The lowest BCUT2D eigenvalue weighted by molar-refractivity contribution is 0.0698. The van der Waals surface area contributed by atoms with Crippen LogP contribution in [0, 0.1) is 13.8 Å². The number of benzene rings is 1. The molecule has 0 amide bonds. The maximum absolute atomic E-state index is 13.1. The number of fused-ring (bicyclic) bond motifs is 1. The number of carbonyl (C=O) groups is 1. The van der Waals surface area contributed by atoms with Crippen molar-refractivity contribution in [1.29, 1.82) is 0 Å². The summed E-state index contributed by atoms with van der Waals surface area (Å²) < 4.78 is 39.3. The summed E-state index contributed by atoms with van der Waals surface area (Å²) in [5, 5.41) is 13.4. The third kappa shape index (κ3) is 3.90. The highest BCUT2D eigenvalue weighted by atomic mass is 32.2. The Kier molecular flexibility index (Phi) is 5.03. The smallest absolute Gasteiger partial charge is 0.339 e. The predicted octanol–water partition coefficient (Wildman–Crippen LogP) is 3.53. The lowest BCUT2D eigenvalue weighted by atomic mass is 10.1. The molecule has 3 heterocycles. The van der Waals surface area contributed by atoms with Crippen LogP contribution in [0.1, 0.15) is 21.6 Å². The molecule has 0 aliphatic rings. The number of sulfonamides is 1. The second-order valence-corrected chi connectivity index (χ2v) is 8.27. The van der Waals surface area contributed by atoms with Crippen molar-refractivity contribution in [3.05, 3.63) is 65.7 Å². The van der Waals surface area contributed by atoms with E-state index in [2.05, 4.69) is 19.8 Å². The summed E-state index contributed by atoms with van der Waals surface area (Å²) in [6.45, 7) is 3.17. The molecular weight excluding hydrogens is 424 g/mol. The number of aromatic nitrogens is 3. The number of nitrogens with one attached hydrogen (secondary N) is 1. The molecule has 0 bridgehead atoms. The average Bonchev–Trinajstić information content (AvgIpc) is 3.10. The van der Waals surface area contributed by atoms with Gasteiger partial charge in [0.25, 0.3) is 15.7 Å². The number of carboxylic acids is 1. The van der Waals surface area contributed by atoms with Crippen molar-refractivity contribution < 1.29 is 27.6 Å². The van der Waals surface area contributed by atoms with E-state index in [-0.39, 0.29) is 27.2 Å². The Hall–Kier alpha value is -3.99. The first kappa shape index (κ1) is 20.3.